The SMILES string of the molecule is [CH2]C(=O)OC(C#N)CCC. The summed E-state index contributed by atoms with van der Waals surface area (Å²) < 4.78 is 4.53. The first-order valence-corrected chi connectivity index (χ1v) is 3.13. The van der Waals surface area contributed by atoms with E-state index in [-0.39, 0.29) is 0 Å². The second kappa shape index (κ2) is 4.80. The van der Waals surface area contributed by atoms with Gasteiger partial charge in [-0.25, -0.2) is 0 Å². The predicted molar refractivity (Wildman–Crippen MR) is 35.8 cm³/mol. The van der Waals surface area contributed by atoms with Crippen LogP contribution in [0, 0.1) is 18.3 Å². The first kappa shape index (κ1) is 8.96. The fourth-order valence-electron chi connectivity index (χ4n) is 0.571. The molecule has 0 aromatic carbocycles. The number of carbonyl (C=O) groups excluding carboxylic acids is 1. The molecule has 1 radical (unpaired) electrons. The van der Waals surface area contributed by atoms with E-state index in [1.54, 1.807) is 0 Å². The van der Waals surface area contributed by atoms with Gasteiger partial charge in [0.05, 0.1) is 6.92 Å². The molecule has 0 rings (SSSR count). The first-order valence-electron chi connectivity index (χ1n) is 3.13. The summed E-state index contributed by atoms with van der Waals surface area (Å²) >= 11 is 0. The lowest BCUT2D eigenvalue weighted by molar-refractivity contribution is -0.141. The fourth-order valence-corrected chi connectivity index (χ4v) is 0.571. The average Bonchev–Trinajstić information content (AvgIpc) is 1.86. The predicted octanol–water partition coefficient (Wildman–Crippen LogP) is 1.06. The molecule has 0 amide bonds. The van der Waals surface area contributed by atoms with Crippen LogP contribution in [0.3, 0.4) is 0 Å². The van der Waals surface area contributed by atoms with Gasteiger partial charge in [-0.1, -0.05) is 13.3 Å². The van der Waals surface area contributed by atoms with Gasteiger partial charge >= 0.3 is 5.97 Å². The molecule has 0 saturated heterocycles. The molecule has 0 aliphatic heterocycles. The Kier molecular flexibility index (Phi) is 4.30. The Morgan fingerprint density at radius 2 is 2.50 bits per heavy atom. The van der Waals surface area contributed by atoms with Crippen LogP contribution in [0.25, 0.3) is 0 Å². The molecular weight excluding hydrogens is 130 g/mol. The smallest absolute Gasteiger partial charge is 0.307 e. The number of rotatable bonds is 3. The topological polar surface area (TPSA) is 50.1 Å². The maximum Gasteiger partial charge on any atom is 0.307 e. The molecule has 0 aromatic heterocycles. The highest BCUT2D eigenvalue weighted by Crippen LogP contribution is 1.99. The minimum atomic E-state index is -0.639. The van der Waals surface area contributed by atoms with Crippen LogP contribution < -0.4 is 0 Å². The Bertz CT molecular complexity index is 148. The zero-order valence-electron chi connectivity index (χ0n) is 5.96. The number of ether oxygens (including phenoxy) is 1. The van der Waals surface area contributed by atoms with Crippen molar-refractivity contribution in [3.05, 3.63) is 6.92 Å². The molecule has 0 aromatic rings. The van der Waals surface area contributed by atoms with E-state index >= 15 is 0 Å². The second-order valence-electron chi connectivity index (χ2n) is 1.90. The molecule has 0 heterocycles. The quantitative estimate of drug-likeness (QED) is 0.550. The van der Waals surface area contributed by atoms with Gasteiger partial charge in [-0.15, -0.1) is 0 Å². The summed E-state index contributed by atoms with van der Waals surface area (Å²) in [6, 6.07) is 1.85. The largest absolute Gasteiger partial charge is 0.447 e. The zero-order valence-corrected chi connectivity index (χ0v) is 5.96. The van der Waals surface area contributed by atoms with E-state index in [9.17, 15) is 4.79 Å². The molecular formula is C7H10NO2. The van der Waals surface area contributed by atoms with Crippen molar-refractivity contribution in [2.45, 2.75) is 25.9 Å². The molecule has 55 valence electrons. The Labute approximate surface area is 60.6 Å². The van der Waals surface area contributed by atoms with Crippen LogP contribution in [0.2, 0.25) is 0 Å². The third kappa shape index (κ3) is 3.90. The van der Waals surface area contributed by atoms with Gasteiger partial charge in [-0.3, -0.25) is 4.79 Å². The van der Waals surface area contributed by atoms with Crippen molar-refractivity contribution in [1.29, 1.82) is 5.26 Å². The fraction of sp³-hybridized carbons (Fsp3) is 0.571. The lowest BCUT2D eigenvalue weighted by Crippen LogP contribution is -2.13. The summed E-state index contributed by atoms with van der Waals surface area (Å²) in [6.07, 6.45) is 0.790. The highest BCUT2D eigenvalue weighted by atomic mass is 16.5. The second-order valence-corrected chi connectivity index (χ2v) is 1.90. The number of nitrogens with zero attached hydrogens (tertiary/aromatic N) is 1. The third-order valence-electron chi connectivity index (χ3n) is 0.969. The maximum atomic E-state index is 10.2. The van der Waals surface area contributed by atoms with E-state index in [2.05, 4.69) is 11.7 Å². The van der Waals surface area contributed by atoms with Crippen LogP contribution in [-0.4, -0.2) is 12.1 Å². The van der Waals surface area contributed by atoms with Gasteiger partial charge in [0.25, 0.3) is 0 Å². The molecule has 10 heavy (non-hydrogen) atoms. The van der Waals surface area contributed by atoms with Crippen molar-refractivity contribution in [1.82, 2.24) is 0 Å². The van der Waals surface area contributed by atoms with Crippen LogP contribution in [0.1, 0.15) is 19.8 Å². The Balaban J connectivity index is 3.63. The Morgan fingerprint density at radius 1 is 1.90 bits per heavy atom. The van der Waals surface area contributed by atoms with Crippen LogP contribution in [0.5, 0.6) is 0 Å². The van der Waals surface area contributed by atoms with Gasteiger partial charge in [0.2, 0.25) is 0 Å². The Hall–Kier alpha value is -1.04. The minimum absolute atomic E-state index is 0.581. The summed E-state index contributed by atoms with van der Waals surface area (Å²) in [5.41, 5.74) is 0. The normalized spacial score (nSPS) is 11.7. The van der Waals surface area contributed by atoms with E-state index < -0.39 is 12.1 Å². The number of nitriles is 1. The van der Waals surface area contributed by atoms with Gasteiger partial charge in [0.1, 0.15) is 6.07 Å². The number of hydrogen-bond donors (Lipinski definition) is 0. The van der Waals surface area contributed by atoms with Crippen LogP contribution >= 0.6 is 0 Å². The van der Waals surface area contributed by atoms with Crippen molar-refractivity contribution in [3.8, 4) is 6.07 Å². The molecule has 0 aliphatic carbocycles. The van der Waals surface area contributed by atoms with E-state index in [1.165, 1.54) is 0 Å². The molecule has 0 spiro atoms. The molecule has 0 saturated carbocycles. The van der Waals surface area contributed by atoms with Gasteiger partial charge < -0.3 is 4.74 Å². The lowest BCUT2D eigenvalue weighted by Gasteiger charge is -2.05. The zero-order chi connectivity index (χ0) is 7.98. The maximum absolute atomic E-state index is 10.2. The molecule has 1 unspecified atom stereocenters. The first-order chi connectivity index (χ1) is 4.70. The summed E-state index contributed by atoms with van der Waals surface area (Å²) in [5, 5.41) is 8.35. The van der Waals surface area contributed by atoms with Crippen molar-refractivity contribution in [2.75, 3.05) is 0 Å². The van der Waals surface area contributed by atoms with E-state index in [1.807, 2.05) is 13.0 Å². The van der Waals surface area contributed by atoms with Gasteiger partial charge in [0, 0.05) is 0 Å². The van der Waals surface area contributed by atoms with Crippen LogP contribution in [0.4, 0.5) is 0 Å². The standard InChI is InChI=1S/C7H10NO2/c1-3-4-7(5-8)10-6(2)9/h7H,2-4H2,1H3. The molecule has 0 N–H and O–H groups in total. The lowest BCUT2D eigenvalue weighted by atomic mass is 10.2. The number of carbonyl (C=O) groups is 1. The van der Waals surface area contributed by atoms with Gasteiger partial charge in [0.15, 0.2) is 6.10 Å². The van der Waals surface area contributed by atoms with E-state index in [0.29, 0.717) is 6.42 Å². The van der Waals surface area contributed by atoms with Crippen LogP contribution in [-0.2, 0) is 9.53 Å². The Morgan fingerprint density at radius 3 is 2.80 bits per heavy atom. The van der Waals surface area contributed by atoms with Crippen molar-refractivity contribution >= 4 is 5.97 Å². The van der Waals surface area contributed by atoms with Gasteiger partial charge in [-0.2, -0.15) is 5.26 Å². The minimum Gasteiger partial charge on any atom is -0.447 e. The highest BCUT2D eigenvalue weighted by molar-refractivity contribution is 5.74. The molecule has 0 bridgehead atoms. The van der Waals surface area contributed by atoms with Crippen molar-refractivity contribution in [2.24, 2.45) is 0 Å². The van der Waals surface area contributed by atoms with E-state index in [4.69, 9.17) is 5.26 Å². The summed E-state index contributed by atoms with van der Waals surface area (Å²) in [5.74, 6) is -0.639. The molecule has 1 atom stereocenters. The van der Waals surface area contributed by atoms with Gasteiger partial charge in [-0.05, 0) is 6.42 Å². The summed E-state index contributed by atoms with van der Waals surface area (Å²) in [6.45, 7) is 4.91. The third-order valence-corrected chi connectivity index (χ3v) is 0.969. The molecule has 0 fully saturated rings. The molecule has 0 aliphatic rings. The summed E-state index contributed by atoms with van der Waals surface area (Å²) in [4.78, 5) is 10.2. The van der Waals surface area contributed by atoms with Crippen molar-refractivity contribution in [3.63, 3.8) is 0 Å². The average molecular weight is 140 g/mol. The molecule has 3 heteroatoms. The van der Waals surface area contributed by atoms with Crippen LogP contribution in [0.15, 0.2) is 0 Å². The number of esters is 1. The van der Waals surface area contributed by atoms with E-state index in [0.717, 1.165) is 6.42 Å². The highest BCUT2D eigenvalue weighted by Gasteiger charge is 2.07. The van der Waals surface area contributed by atoms with Crippen molar-refractivity contribution < 1.29 is 9.53 Å². The summed E-state index contributed by atoms with van der Waals surface area (Å²) in [7, 11) is 0. The molecule has 3 nitrogen and oxygen atoms in total. The monoisotopic (exact) mass is 140 g/mol. The number of hydrogen-bond acceptors (Lipinski definition) is 3.